The largest absolute Gasteiger partial charge is 0.462 e. The Morgan fingerprint density at radius 2 is 0.759 bits per heavy atom. The van der Waals surface area contributed by atoms with E-state index in [1.807, 2.05) is 12.2 Å². The van der Waals surface area contributed by atoms with Crippen molar-refractivity contribution in [2.45, 2.75) is 213 Å². The standard InChI is InChI=1S/C48H82O6/c1-4-7-10-13-16-18-20-22-23-24-26-27-29-32-35-38-41-47(50)53-44-45(43-52-46(49)40-37-34-31-15-12-9-6-3)54-48(51)42-39-36-33-30-28-25-21-19-17-14-11-8-5-2/h8,11,17,19,23-25,28,33,36,45H,4-7,9-10,12-16,18,20-22,26-27,29-32,34-35,37-44H2,1-3H3/b11-8-,19-17-,24-23-,28-25-,36-33-. The fourth-order valence-electron chi connectivity index (χ4n) is 5.92. The van der Waals surface area contributed by atoms with E-state index in [-0.39, 0.29) is 31.6 Å². The van der Waals surface area contributed by atoms with Crippen LogP contribution in [0.15, 0.2) is 60.8 Å². The van der Waals surface area contributed by atoms with Crippen LogP contribution in [0.25, 0.3) is 0 Å². The van der Waals surface area contributed by atoms with E-state index in [4.69, 9.17) is 14.2 Å². The highest BCUT2D eigenvalue weighted by Gasteiger charge is 2.19. The van der Waals surface area contributed by atoms with E-state index >= 15 is 0 Å². The second-order valence-corrected chi connectivity index (χ2v) is 14.6. The molecule has 1 unspecified atom stereocenters. The van der Waals surface area contributed by atoms with E-state index < -0.39 is 12.1 Å². The molecule has 0 spiro atoms. The highest BCUT2D eigenvalue weighted by molar-refractivity contribution is 5.71. The van der Waals surface area contributed by atoms with Crippen LogP contribution >= 0.6 is 0 Å². The quantitative estimate of drug-likeness (QED) is 0.0269. The molecule has 0 aliphatic heterocycles. The van der Waals surface area contributed by atoms with Crippen molar-refractivity contribution in [3.8, 4) is 0 Å². The Hall–Kier alpha value is -2.89. The number of carbonyl (C=O) groups excluding carboxylic acids is 3. The lowest BCUT2D eigenvalue weighted by Gasteiger charge is -2.18. The number of unbranched alkanes of at least 4 members (excludes halogenated alkanes) is 18. The van der Waals surface area contributed by atoms with Gasteiger partial charge in [-0.2, -0.15) is 0 Å². The van der Waals surface area contributed by atoms with Crippen molar-refractivity contribution in [1.29, 1.82) is 0 Å². The lowest BCUT2D eigenvalue weighted by molar-refractivity contribution is -0.166. The number of esters is 3. The maximum absolute atomic E-state index is 12.6. The molecule has 0 heterocycles. The van der Waals surface area contributed by atoms with Gasteiger partial charge in [0.25, 0.3) is 0 Å². The molecule has 0 N–H and O–H groups in total. The van der Waals surface area contributed by atoms with Crippen LogP contribution in [0.1, 0.15) is 207 Å². The van der Waals surface area contributed by atoms with Crippen molar-refractivity contribution >= 4 is 17.9 Å². The number of hydrogen-bond acceptors (Lipinski definition) is 6. The first-order valence-electron chi connectivity index (χ1n) is 22.3. The van der Waals surface area contributed by atoms with E-state index in [9.17, 15) is 14.4 Å². The normalized spacial score (nSPS) is 12.6. The summed E-state index contributed by atoms with van der Waals surface area (Å²) in [6.07, 6.45) is 50.9. The minimum atomic E-state index is -0.810. The van der Waals surface area contributed by atoms with Crippen LogP contribution in [0.4, 0.5) is 0 Å². The molecule has 0 aliphatic rings. The minimum Gasteiger partial charge on any atom is -0.462 e. The summed E-state index contributed by atoms with van der Waals surface area (Å²) in [5.41, 5.74) is 0. The molecule has 0 radical (unpaired) electrons. The van der Waals surface area contributed by atoms with Gasteiger partial charge in [-0.05, 0) is 70.6 Å². The van der Waals surface area contributed by atoms with Crippen molar-refractivity contribution in [1.82, 2.24) is 0 Å². The van der Waals surface area contributed by atoms with Crippen LogP contribution in [0.3, 0.4) is 0 Å². The van der Waals surface area contributed by atoms with Gasteiger partial charge in [-0.1, -0.05) is 178 Å². The zero-order valence-corrected chi connectivity index (χ0v) is 35.2. The van der Waals surface area contributed by atoms with Gasteiger partial charge in [0.15, 0.2) is 6.10 Å². The second-order valence-electron chi connectivity index (χ2n) is 14.6. The molecule has 1 atom stereocenters. The van der Waals surface area contributed by atoms with E-state index in [1.165, 1.54) is 89.9 Å². The van der Waals surface area contributed by atoms with Gasteiger partial charge in [-0.3, -0.25) is 14.4 Å². The summed E-state index contributed by atoms with van der Waals surface area (Å²) in [6, 6.07) is 0. The Labute approximate surface area is 332 Å². The Balaban J connectivity index is 4.41. The molecule has 54 heavy (non-hydrogen) atoms. The molecule has 310 valence electrons. The number of ether oxygens (including phenoxy) is 3. The van der Waals surface area contributed by atoms with Crippen LogP contribution in [-0.4, -0.2) is 37.2 Å². The fourth-order valence-corrected chi connectivity index (χ4v) is 5.92. The molecule has 0 aliphatic carbocycles. The molecular weight excluding hydrogens is 673 g/mol. The first kappa shape index (κ1) is 51.1. The summed E-state index contributed by atoms with van der Waals surface area (Å²) < 4.78 is 16.6. The van der Waals surface area contributed by atoms with Crippen molar-refractivity contribution in [2.24, 2.45) is 0 Å². The van der Waals surface area contributed by atoms with Gasteiger partial charge >= 0.3 is 17.9 Å². The summed E-state index contributed by atoms with van der Waals surface area (Å²) >= 11 is 0. The maximum atomic E-state index is 12.6. The summed E-state index contributed by atoms with van der Waals surface area (Å²) in [5, 5.41) is 0. The summed E-state index contributed by atoms with van der Waals surface area (Å²) in [6.45, 7) is 6.39. The van der Waals surface area contributed by atoms with Crippen LogP contribution in [0.2, 0.25) is 0 Å². The minimum absolute atomic E-state index is 0.105. The van der Waals surface area contributed by atoms with Gasteiger partial charge in [0.1, 0.15) is 13.2 Å². The monoisotopic (exact) mass is 755 g/mol. The zero-order chi connectivity index (χ0) is 39.4. The Morgan fingerprint density at radius 1 is 0.389 bits per heavy atom. The van der Waals surface area contributed by atoms with Crippen LogP contribution in [0, 0.1) is 0 Å². The first-order valence-corrected chi connectivity index (χ1v) is 22.3. The van der Waals surface area contributed by atoms with E-state index in [2.05, 4.69) is 69.4 Å². The molecular formula is C48H82O6. The SMILES string of the molecule is CC/C=C\C/C=C\C/C=C\C/C=C\CCC(=O)OC(COC(=O)CCCCCCC/C=C\CCCCCCCCC)COC(=O)CCCCCCCCC. The molecule has 0 aromatic rings. The van der Waals surface area contributed by atoms with Gasteiger partial charge in [-0.25, -0.2) is 0 Å². The van der Waals surface area contributed by atoms with Gasteiger partial charge in [0.05, 0.1) is 0 Å². The zero-order valence-electron chi connectivity index (χ0n) is 35.2. The molecule has 0 fully saturated rings. The molecule has 0 amide bonds. The molecule has 0 bridgehead atoms. The van der Waals surface area contributed by atoms with Crippen LogP contribution in [-0.2, 0) is 28.6 Å². The summed E-state index contributed by atoms with van der Waals surface area (Å²) in [5.74, 6) is -1.01. The predicted molar refractivity (Wildman–Crippen MR) is 228 cm³/mol. The van der Waals surface area contributed by atoms with Gasteiger partial charge in [0.2, 0.25) is 0 Å². The van der Waals surface area contributed by atoms with E-state index in [0.29, 0.717) is 19.3 Å². The fraction of sp³-hybridized carbons (Fsp3) is 0.729. The lowest BCUT2D eigenvalue weighted by Crippen LogP contribution is -2.30. The summed E-state index contributed by atoms with van der Waals surface area (Å²) in [7, 11) is 0. The Kier molecular flexibility index (Phi) is 40.6. The van der Waals surface area contributed by atoms with Crippen LogP contribution < -0.4 is 0 Å². The van der Waals surface area contributed by atoms with Gasteiger partial charge in [-0.15, -0.1) is 0 Å². The maximum Gasteiger partial charge on any atom is 0.306 e. The topological polar surface area (TPSA) is 78.9 Å². The molecule has 0 saturated carbocycles. The van der Waals surface area contributed by atoms with Crippen molar-refractivity contribution in [3.63, 3.8) is 0 Å². The van der Waals surface area contributed by atoms with E-state index in [1.54, 1.807) is 0 Å². The van der Waals surface area contributed by atoms with Crippen molar-refractivity contribution in [2.75, 3.05) is 13.2 Å². The van der Waals surface area contributed by atoms with Gasteiger partial charge < -0.3 is 14.2 Å². The number of carbonyl (C=O) groups is 3. The molecule has 0 aromatic carbocycles. The second kappa shape index (κ2) is 42.8. The highest BCUT2D eigenvalue weighted by Crippen LogP contribution is 2.12. The predicted octanol–water partition coefficient (Wildman–Crippen LogP) is 14.1. The number of hydrogen-bond donors (Lipinski definition) is 0. The third-order valence-corrected chi connectivity index (χ3v) is 9.27. The average molecular weight is 755 g/mol. The van der Waals surface area contributed by atoms with Crippen LogP contribution in [0.5, 0.6) is 0 Å². The molecule has 0 rings (SSSR count). The number of rotatable bonds is 39. The molecule has 6 nitrogen and oxygen atoms in total. The number of allylic oxidation sites excluding steroid dienone is 10. The third-order valence-electron chi connectivity index (χ3n) is 9.27. The Bertz CT molecular complexity index is 1010. The van der Waals surface area contributed by atoms with E-state index in [0.717, 1.165) is 70.6 Å². The molecule has 0 saturated heterocycles. The van der Waals surface area contributed by atoms with Crippen molar-refractivity contribution in [3.05, 3.63) is 60.8 Å². The first-order chi connectivity index (χ1) is 26.5. The van der Waals surface area contributed by atoms with Crippen molar-refractivity contribution < 1.29 is 28.6 Å². The summed E-state index contributed by atoms with van der Waals surface area (Å²) in [4.78, 5) is 37.5. The lowest BCUT2D eigenvalue weighted by atomic mass is 10.1. The highest BCUT2D eigenvalue weighted by atomic mass is 16.6. The van der Waals surface area contributed by atoms with Gasteiger partial charge in [0, 0.05) is 19.3 Å². The molecule has 0 aromatic heterocycles. The third kappa shape index (κ3) is 40.3. The Morgan fingerprint density at radius 3 is 1.20 bits per heavy atom. The average Bonchev–Trinajstić information content (AvgIpc) is 3.17. The smallest absolute Gasteiger partial charge is 0.306 e. The molecule has 6 heteroatoms.